The van der Waals surface area contributed by atoms with Crippen LogP contribution in [-0.4, -0.2) is 69.5 Å². The maximum Gasteiger partial charge on any atom is 0.490 e. The van der Waals surface area contributed by atoms with Crippen LogP contribution in [0.25, 0.3) is 0 Å². The van der Waals surface area contributed by atoms with E-state index in [0.29, 0.717) is 0 Å². The van der Waals surface area contributed by atoms with Gasteiger partial charge in [-0.2, -0.15) is 13.6 Å². The molecule has 1 aliphatic heterocycles. The Morgan fingerprint density at radius 2 is 1.73 bits per heavy atom. The lowest BCUT2D eigenvalue weighted by Crippen LogP contribution is -2.36. The molecule has 0 aliphatic carbocycles. The molecule has 8 N–H and O–H groups in total. The van der Waals surface area contributed by atoms with Crippen LogP contribution in [0, 0.1) is 0 Å². The standard InChI is InChI=1S/C9H16N3O15P3/c13-6-4(3-24-29(20,21)27-30(22,23)26-28(17,18)19)25-8(7(6)14)12-2-1-5(11-16)10-9(12)15/h1-2,4,6-8,13-14,16H,3H2,(H,20,21)(H,22,23)(H,10,11,15)(H2,17,18,19)/t4-,6-,7-,8-/m1/s1/i3+1,4+1,6+1,7+1,8+1. The summed E-state index contributed by atoms with van der Waals surface area (Å²) in [5, 5.41) is 28.7. The second kappa shape index (κ2) is 9.20. The smallest absolute Gasteiger partial charge is 0.387 e. The number of nitrogens with one attached hydrogen (secondary N) is 1. The lowest BCUT2D eigenvalue weighted by atomic mass is 10.6. The largest absolute Gasteiger partial charge is 0.490 e. The van der Waals surface area contributed by atoms with E-state index in [-0.39, 0.29) is 5.82 Å². The molecule has 2 heterocycles. The molecule has 1 saturated heterocycles. The Morgan fingerprint density at radius 3 is 2.27 bits per heavy atom. The molecule has 0 aromatic carbocycles. The second-order valence-electron chi connectivity index (χ2n) is 5.55. The van der Waals surface area contributed by atoms with Crippen LogP contribution in [0.2, 0.25) is 0 Å². The lowest BCUT2D eigenvalue weighted by molar-refractivity contribution is -0.0541. The van der Waals surface area contributed by atoms with E-state index in [2.05, 4.69) is 18.1 Å². The Bertz CT molecular complexity index is 962. The third-order valence-corrected chi connectivity index (χ3v) is 7.18. The van der Waals surface area contributed by atoms with Gasteiger partial charge in [0, 0.05) is 6.20 Å². The summed E-state index contributed by atoms with van der Waals surface area (Å²) in [6, 6.07) is 1.11. The third kappa shape index (κ3) is 6.71. The summed E-state index contributed by atoms with van der Waals surface area (Å²) < 4.78 is 50.7. The van der Waals surface area contributed by atoms with Gasteiger partial charge in [-0.05, 0) is 6.07 Å². The van der Waals surface area contributed by atoms with Crippen molar-refractivity contribution in [3.8, 4) is 0 Å². The molecule has 2 rings (SSSR count). The minimum atomic E-state index is -5.73. The van der Waals surface area contributed by atoms with E-state index >= 15 is 0 Å². The zero-order chi connectivity index (χ0) is 22.9. The van der Waals surface area contributed by atoms with Gasteiger partial charge in [-0.1, -0.05) is 0 Å². The van der Waals surface area contributed by atoms with E-state index in [1.54, 1.807) is 5.48 Å². The average Bonchev–Trinajstić information content (AvgIpc) is 2.85. The van der Waals surface area contributed by atoms with E-state index in [1.165, 1.54) is 0 Å². The molecule has 30 heavy (non-hydrogen) atoms. The number of nitrogens with zero attached hydrogens (tertiary/aromatic N) is 2. The van der Waals surface area contributed by atoms with Gasteiger partial charge in [-0.15, -0.1) is 0 Å². The molecule has 18 nitrogen and oxygen atoms in total. The van der Waals surface area contributed by atoms with Gasteiger partial charge in [0.1, 0.15) is 18.3 Å². The van der Waals surface area contributed by atoms with Crippen LogP contribution in [0.1, 0.15) is 6.23 Å². The van der Waals surface area contributed by atoms with E-state index in [0.717, 1.165) is 16.8 Å². The fourth-order valence-electron chi connectivity index (χ4n) is 2.24. The Kier molecular flexibility index (Phi) is 7.72. The zero-order valence-corrected chi connectivity index (χ0v) is 17.0. The number of aliphatic hydroxyl groups excluding tert-OH is 2. The average molecular weight is 504 g/mol. The molecule has 6 atom stereocenters. The Hall–Kier alpha value is -1.07. The van der Waals surface area contributed by atoms with E-state index in [1.807, 2.05) is 0 Å². The van der Waals surface area contributed by atoms with Crippen LogP contribution in [0.5, 0.6) is 0 Å². The van der Waals surface area contributed by atoms with Crippen LogP contribution in [-0.2, 0) is 31.6 Å². The minimum absolute atomic E-state index is 0.228. The normalized spacial score (nSPS) is 28.6. The van der Waals surface area contributed by atoms with Gasteiger partial charge in [0.15, 0.2) is 12.0 Å². The molecule has 0 bridgehead atoms. The second-order valence-corrected chi connectivity index (χ2v) is 9.97. The van der Waals surface area contributed by atoms with Gasteiger partial charge >= 0.3 is 29.2 Å². The van der Waals surface area contributed by atoms with Crippen LogP contribution < -0.4 is 11.2 Å². The first-order valence-electron chi connectivity index (χ1n) is 7.43. The number of hydrogen-bond donors (Lipinski definition) is 8. The number of phosphoric acid groups is 3. The molecule has 1 fully saturated rings. The van der Waals surface area contributed by atoms with Gasteiger partial charge in [-0.25, -0.2) is 18.5 Å². The van der Waals surface area contributed by atoms with Crippen molar-refractivity contribution in [2.45, 2.75) is 24.5 Å². The van der Waals surface area contributed by atoms with Crippen LogP contribution >= 0.6 is 23.5 Å². The van der Waals surface area contributed by atoms with E-state index in [9.17, 15) is 33.6 Å². The molecule has 1 aromatic rings. The Morgan fingerprint density at radius 1 is 1.10 bits per heavy atom. The summed E-state index contributed by atoms with van der Waals surface area (Å²) in [7, 11) is -16.8. The van der Waals surface area contributed by atoms with Crippen molar-refractivity contribution in [1.29, 1.82) is 0 Å². The topological polar surface area (TPSA) is 277 Å². The maximum atomic E-state index is 11.9. The van der Waals surface area contributed by atoms with Crippen LogP contribution in [0.15, 0.2) is 17.1 Å². The van der Waals surface area contributed by atoms with Crippen LogP contribution in [0.4, 0.5) is 5.82 Å². The van der Waals surface area contributed by atoms with Gasteiger partial charge in [0.2, 0.25) is 0 Å². The molecule has 172 valence electrons. The third-order valence-electron chi connectivity index (χ3n) is 3.37. The SMILES string of the molecule is O=c1nc(NO)ccn1[13C@@H]1O[13C@H]([13CH2]OP(=O)(O)OP(=O)(O)OP(=O)(O)O)[13C@@H](O)[13C@H]1O. The number of ether oxygens (including phenoxy) is 1. The highest BCUT2D eigenvalue weighted by Crippen LogP contribution is 2.66. The van der Waals surface area contributed by atoms with Crippen molar-refractivity contribution in [1.82, 2.24) is 9.55 Å². The Balaban J connectivity index is 2.06. The molecule has 0 radical (unpaired) electrons. The molecule has 1 aliphatic rings. The molecular formula is C9H16N3O15P3. The highest BCUT2D eigenvalue weighted by Gasteiger charge is 2.46. The first-order valence-corrected chi connectivity index (χ1v) is 12.0. The highest BCUT2D eigenvalue weighted by atomic mass is 31.3. The number of aromatic nitrogens is 2. The maximum absolute atomic E-state index is 11.9. The molecular weight excluding hydrogens is 488 g/mol. The quantitative estimate of drug-likeness (QED) is 0.103. The fourth-order valence-corrected chi connectivity index (χ4v) is 5.27. The number of phosphoric ester groups is 1. The monoisotopic (exact) mass is 504 g/mol. The van der Waals surface area contributed by atoms with Gasteiger partial charge in [-0.3, -0.25) is 19.8 Å². The van der Waals surface area contributed by atoms with Gasteiger partial charge in [0.05, 0.1) is 6.61 Å². The molecule has 1 aromatic heterocycles. The van der Waals surface area contributed by atoms with Crippen molar-refractivity contribution in [2.24, 2.45) is 0 Å². The first kappa shape index (κ1) is 25.2. The number of aliphatic hydroxyl groups is 2. The number of rotatable bonds is 9. The van der Waals surface area contributed by atoms with Crippen molar-refractivity contribution in [3.63, 3.8) is 0 Å². The summed E-state index contributed by atoms with van der Waals surface area (Å²) in [6.07, 6.45) is -5.62. The van der Waals surface area contributed by atoms with Gasteiger partial charge < -0.3 is 34.5 Å². The van der Waals surface area contributed by atoms with Crippen molar-refractivity contribution in [2.75, 3.05) is 12.1 Å². The van der Waals surface area contributed by atoms with Crippen molar-refractivity contribution < 1.29 is 66.6 Å². The van der Waals surface area contributed by atoms with Gasteiger partial charge in [0.25, 0.3) is 0 Å². The summed E-state index contributed by atoms with van der Waals surface area (Å²) in [6.45, 7) is -1.04. The zero-order valence-electron chi connectivity index (χ0n) is 14.3. The summed E-state index contributed by atoms with van der Waals surface area (Å²) in [5.74, 6) is -0.228. The number of anilines is 1. The Labute approximate surface area is 165 Å². The van der Waals surface area contributed by atoms with E-state index < -0.39 is 60.3 Å². The molecule has 2 unspecified atom stereocenters. The first-order chi connectivity index (χ1) is 13.6. The molecule has 0 spiro atoms. The summed E-state index contributed by atoms with van der Waals surface area (Å²) >= 11 is 0. The van der Waals surface area contributed by atoms with Crippen molar-refractivity contribution >= 4 is 29.3 Å². The minimum Gasteiger partial charge on any atom is -0.387 e. The predicted molar refractivity (Wildman–Crippen MR) is 89.6 cm³/mol. The van der Waals surface area contributed by atoms with E-state index in [4.69, 9.17) is 24.6 Å². The van der Waals surface area contributed by atoms with Crippen molar-refractivity contribution in [3.05, 3.63) is 22.7 Å². The molecule has 0 amide bonds. The number of hydrogen-bond acceptors (Lipinski definition) is 13. The fraction of sp³-hybridized carbons (Fsp3) is 0.556. The summed E-state index contributed by atoms with van der Waals surface area (Å²) in [5.41, 5.74) is 0.597. The highest BCUT2D eigenvalue weighted by molar-refractivity contribution is 7.66. The molecule has 21 heteroatoms. The lowest BCUT2D eigenvalue weighted by Gasteiger charge is -2.19. The predicted octanol–water partition coefficient (Wildman–Crippen LogP) is -1.99. The summed E-state index contributed by atoms with van der Waals surface area (Å²) in [4.78, 5) is 50.6. The van der Waals surface area contributed by atoms with Crippen LogP contribution in [0.3, 0.4) is 0 Å². The molecule has 0 saturated carbocycles.